The predicted octanol–water partition coefficient (Wildman–Crippen LogP) is 15.1. The van der Waals surface area contributed by atoms with Crippen molar-refractivity contribution in [2.45, 2.75) is 122 Å². The van der Waals surface area contributed by atoms with Crippen LogP contribution in [0.3, 0.4) is 0 Å². The first-order valence-corrected chi connectivity index (χ1v) is 24.9. The summed E-state index contributed by atoms with van der Waals surface area (Å²) in [5.74, 6) is 3.22. The van der Waals surface area contributed by atoms with Gasteiger partial charge in [0.15, 0.2) is 23.0 Å². The minimum absolute atomic E-state index is 0.338. The van der Waals surface area contributed by atoms with Gasteiger partial charge in [-0.3, -0.25) is 0 Å². The van der Waals surface area contributed by atoms with Crippen molar-refractivity contribution in [1.82, 2.24) is 29.5 Å². The van der Waals surface area contributed by atoms with Gasteiger partial charge >= 0.3 is 7.12 Å². The Labute approximate surface area is 435 Å². The lowest BCUT2D eigenvalue weighted by atomic mass is 9.73. The Kier molecular flexibility index (Phi) is 15.4. The van der Waals surface area contributed by atoms with Crippen LogP contribution in [0.25, 0.3) is 55.0 Å². The number of halogens is 1. The highest BCUT2D eigenvalue weighted by molar-refractivity contribution is 9.10. The van der Waals surface area contributed by atoms with Crippen molar-refractivity contribution in [3.8, 4) is 45.3 Å². The second-order valence-electron chi connectivity index (χ2n) is 20.1. The van der Waals surface area contributed by atoms with Crippen LogP contribution in [0.1, 0.15) is 95.0 Å². The van der Waals surface area contributed by atoms with E-state index in [1.165, 1.54) is 38.9 Å². The van der Waals surface area contributed by atoms with E-state index >= 15 is 0 Å². The van der Waals surface area contributed by atoms with E-state index in [-0.39, 0.29) is 18.3 Å². The fourth-order valence-electron chi connectivity index (χ4n) is 9.78. The summed E-state index contributed by atoms with van der Waals surface area (Å²) in [6.45, 7) is 47.3. The lowest BCUT2D eigenvalue weighted by molar-refractivity contribution is 0.00578. The summed E-state index contributed by atoms with van der Waals surface area (Å²) < 4.78 is 17.1. The highest BCUT2D eigenvalue weighted by atomic mass is 79.9. The molecule has 12 heteroatoms. The zero-order chi connectivity index (χ0) is 52.6. The molecule has 1 fully saturated rings. The second kappa shape index (κ2) is 21.0. The van der Waals surface area contributed by atoms with Gasteiger partial charge in [-0.25, -0.2) is 29.0 Å². The molecule has 3 heterocycles. The number of benzene rings is 6. The van der Waals surface area contributed by atoms with Crippen LogP contribution in [-0.4, -0.2) is 47.8 Å². The number of aromatic nitrogens is 6. The average molecular weight is 1020 g/mol. The van der Waals surface area contributed by atoms with E-state index in [2.05, 4.69) is 152 Å². The van der Waals surface area contributed by atoms with Crippen LogP contribution in [0.5, 0.6) is 0 Å². The van der Waals surface area contributed by atoms with Gasteiger partial charge in [-0.1, -0.05) is 128 Å². The summed E-state index contributed by atoms with van der Waals surface area (Å²) in [5.41, 5.74) is 19.8. The third-order valence-corrected chi connectivity index (χ3v) is 13.9. The van der Waals surface area contributed by atoms with Gasteiger partial charge < -0.3 is 9.31 Å². The topological polar surface area (TPSA) is 88.6 Å². The molecule has 366 valence electrons. The number of rotatable bonds is 6. The summed E-state index contributed by atoms with van der Waals surface area (Å²) in [6, 6.07) is 33.0. The van der Waals surface area contributed by atoms with Gasteiger partial charge in [-0.05, 0) is 168 Å². The van der Waals surface area contributed by atoms with Crippen LogP contribution in [0, 0.1) is 96.2 Å². The number of aryl methyl sites for hydroxylation is 12. The lowest BCUT2D eigenvalue weighted by Gasteiger charge is -2.32. The zero-order valence-electron chi connectivity index (χ0n) is 44.6. The van der Waals surface area contributed by atoms with Crippen LogP contribution < -0.4 is 5.46 Å². The Hall–Kier alpha value is -6.96. The minimum atomic E-state index is -0.357. The molecule has 6 aromatic carbocycles. The van der Waals surface area contributed by atoms with E-state index in [1.807, 2.05) is 101 Å². The first kappa shape index (κ1) is 52.9. The monoisotopic (exact) mass is 1020 g/mol. The van der Waals surface area contributed by atoms with E-state index in [4.69, 9.17) is 32.5 Å². The molecular weight excluding hydrogens is 955 g/mol. The molecule has 0 N–H and O–H groups in total. The molecular formula is C60H64BBrN8O2. The molecule has 0 spiro atoms. The van der Waals surface area contributed by atoms with Gasteiger partial charge in [0.05, 0.1) is 35.7 Å². The quantitative estimate of drug-likeness (QED) is 0.122. The Morgan fingerprint density at radius 1 is 0.486 bits per heavy atom. The molecule has 8 aromatic rings. The maximum atomic E-state index is 7.32. The summed E-state index contributed by atoms with van der Waals surface area (Å²) in [5, 5.41) is 9.37. The average Bonchev–Trinajstić information content (AvgIpc) is 3.93. The molecule has 1 saturated heterocycles. The van der Waals surface area contributed by atoms with E-state index in [0.29, 0.717) is 11.4 Å². The summed E-state index contributed by atoms with van der Waals surface area (Å²) in [7, 11) is -0.357. The number of hydrogen-bond acceptors (Lipinski definition) is 6. The molecule has 0 radical (unpaired) electrons. The van der Waals surface area contributed by atoms with Crippen molar-refractivity contribution in [3.05, 3.63) is 192 Å². The highest BCUT2D eigenvalue weighted by Gasteiger charge is 2.52. The van der Waals surface area contributed by atoms with E-state index in [0.717, 1.165) is 83.6 Å². The molecule has 0 aliphatic carbocycles. The zero-order valence-corrected chi connectivity index (χ0v) is 46.2. The predicted molar refractivity (Wildman–Crippen MR) is 298 cm³/mol. The molecule has 9 rings (SSSR count). The van der Waals surface area contributed by atoms with Crippen molar-refractivity contribution >= 4 is 39.9 Å². The molecule has 72 heavy (non-hydrogen) atoms. The van der Waals surface area contributed by atoms with E-state index < -0.39 is 0 Å². The van der Waals surface area contributed by atoms with Gasteiger partial charge in [0.1, 0.15) is 11.6 Å². The second-order valence-corrected chi connectivity index (χ2v) is 21.0. The van der Waals surface area contributed by atoms with Crippen LogP contribution in [0.4, 0.5) is 11.4 Å². The third-order valence-electron chi connectivity index (χ3n) is 13.5. The fourth-order valence-corrected chi connectivity index (χ4v) is 10.2. The molecule has 0 amide bonds. The smallest absolute Gasteiger partial charge is 0.399 e. The van der Waals surface area contributed by atoms with Crippen molar-refractivity contribution < 1.29 is 9.31 Å². The molecule has 1 aliphatic rings. The van der Waals surface area contributed by atoms with E-state index in [1.54, 1.807) is 0 Å². The Morgan fingerprint density at radius 2 is 0.861 bits per heavy atom. The fraction of sp³-hybridized carbons (Fsp3) is 0.300. The summed E-state index contributed by atoms with van der Waals surface area (Å²) in [6.07, 6.45) is 0. The van der Waals surface area contributed by atoms with Crippen LogP contribution in [0.2, 0.25) is 0 Å². The maximum Gasteiger partial charge on any atom is 0.495 e. The molecule has 2 aromatic heterocycles. The van der Waals surface area contributed by atoms with Crippen molar-refractivity contribution in [3.63, 3.8) is 0 Å². The normalized spacial score (nSPS) is 13.4. The molecule has 0 atom stereocenters. The van der Waals surface area contributed by atoms with E-state index in [9.17, 15) is 0 Å². The Morgan fingerprint density at radius 3 is 1.26 bits per heavy atom. The van der Waals surface area contributed by atoms with Crippen LogP contribution in [0.15, 0.2) is 102 Å². The third kappa shape index (κ3) is 11.1. The molecule has 10 nitrogen and oxygen atoms in total. The standard InChI is InChI=1S/C27H26N4.C18H18BrN3.C15H20BNO2/c1-16-11-19(4)26(20(5)12-16)31-27(29-21(6)30-31)23-10-8-9-22(15-23)25-17(2)13-24(28-7)14-18(25)3;1-11-8-12(2)17(13(3)9-11)22-18(20-14(4)21-22)15-6-5-7-16(19)10-15;1-10-8-12(17-7)9-11(2)13(10)16-18-14(3,4)15(5,6)19-16/h8-15H,1-6H3;5-10H,1-4H3;8-9H,1-6H3. The van der Waals surface area contributed by atoms with Gasteiger partial charge in [0.2, 0.25) is 0 Å². The van der Waals surface area contributed by atoms with Gasteiger partial charge in [-0.2, -0.15) is 10.2 Å². The Bertz CT molecular complexity index is 3350. The molecule has 0 bridgehead atoms. The maximum absolute atomic E-state index is 7.32. The van der Waals surface area contributed by atoms with Gasteiger partial charge in [-0.15, -0.1) is 0 Å². The number of nitrogens with zero attached hydrogens (tertiary/aromatic N) is 8. The van der Waals surface area contributed by atoms with Crippen molar-refractivity contribution in [2.24, 2.45) is 0 Å². The van der Waals surface area contributed by atoms with Gasteiger partial charge in [0, 0.05) is 15.6 Å². The largest absolute Gasteiger partial charge is 0.495 e. The Balaban J connectivity index is 0.000000164. The summed E-state index contributed by atoms with van der Waals surface area (Å²) >= 11 is 3.53. The lowest BCUT2D eigenvalue weighted by Crippen LogP contribution is -2.41. The first-order chi connectivity index (χ1) is 33.9. The van der Waals surface area contributed by atoms with Crippen molar-refractivity contribution in [2.75, 3.05) is 0 Å². The van der Waals surface area contributed by atoms with Crippen LogP contribution in [-0.2, 0) is 9.31 Å². The molecule has 0 unspecified atom stereocenters. The van der Waals surface area contributed by atoms with Crippen molar-refractivity contribution in [1.29, 1.82) is 0 Å². The van der Waals surface area contributed by atoms with Crippen LogP contribution >= 0.6 is 15.9 Å². The molecule has 1 aliphatic heterocycles. The highest BCUT2D eigenvalue weighted by Crippen LogP contribution is 2.38. The SMILES string of the molecule is Cc1cc(C)c(-n2nc(C)nc2-c2cccc(Br)c2)c(C)c1.[C-]#[N+]c1cc(C)c(-c2cccc(-c3nc(C)nn3-c3c(C)cc(C)cc3C)c2)c(C)c1.[C-]#[N+]c1cc(C)c(B2OC(C)(C)C(C)(C)O2)c(C)c1. The summed E-state index contributed by atoms with van der Waals surface area (Å²) in [4.78, 5) is 16.5. The van der Waals surface area contributed by atoms with Gasteiger partial charge in [0.25, 0.3) is 0 Å². The number of hydrogen-bond donors (Lipinski definition) is 0. The minimum Gasteiger partial charge on any atom is -0.399 e. The molecule has 0 saturated carbocycles. The first-order valence-electron chi connectivity index (χ1n) is 24.1.